The van der Waals surface area contributed by atoms with E-state index < -0.39 is 28.0 Å². The van der Waals surface area contributed by atoms with Crippen LogP contribution in [0.25, 0.3) is 0 Å². The van der Waals surface area contributed by atoms with Crippen molar-refractivity contribution in [1.29, 1.82) is 0 Å². The van der Waals surface area contributed by atoms with E-state index in [2.05, 4.69) is 0 Å². The molecule has 0 aliphatic carbocycles. The number of carbonyl (C=O) groups is 1. The molecule has 1 fully saturated rings. The summed E-state index contributed by atoms with van der Waals surface area (Å²) < 4.78 is 28.0. The first-order valence-corrected chi connectivity index (χ1v) is 7.56. The van der Waals surface area contributed by atoms with Gasteiger partial charge in [-0.1, -0.05) is 11.6 Å². The summed E-state index contributed by atoms with van der Waals surface area (Å²) in [6, 6.07) is 3.93. The van der Waals surface area contributed by atoms with E-state index in [-0.39, 0.29) is 27.8 Å². The average molecular weight is 307 g/mol. The van der Waals surface area contributed by atoms with Crippen molar-refractivity contribution in [3.8, 4) is 5.75 Å². The quantitative estimate of drug-likeness (QED) is 0.847. The van der Waals surface area contributed by atoms with Crippen molar-refractivity contribution < 1.29 is 28.2 Å². The van der Waals surface area contributed by atoms with Gasteiger partial charge in [0, 0.05) is 5.02 Å². The largest absolute Gasteiger partial charge is 0.486 e. The molecule has 1 aromatic carbocycles. The number of halogens is 1. The van der Waals surface area contributed by atoms with E-state index >= 15 is 0 Å². The topological polar surface area (TPSA) is 101 Å². The predicted molar refractivity (Wildman–Crippen MR) is 67.5 cm³/mol. The number of carboxylic acid groups (broad SMARTS) is 1. The van der Waals surface area contributed by atoms with Gasteiger partial charge >= 0.3 is 5.97 Å². The van der Waals surface area contributed by atoms with Gasteiger partial charge < -0.3 is 14.9 Å². The monoisotopic (exact) mass is 306 g/mol. The van der Waals surface area contributed by atoms with E-state index in [0.717, 1.165) is 0 Å². The highest BCUT2D eigenvalue weighted by atomic mass is 35.5. The smallest absolute Gasteiger partial charge is 0.339 e. The SMILES string of the molecule is O=C(O)c1ccc(Cl)cc1OC1CS(=O)(=O)CC1O. The maximum absolute atomic E-state index is 11.3. The van der Waals surface area contributed by atoms with Crippen LogP contribution in [0.1, 0.15) is 10.4 Å². The Kier molecular flexibility index (Phi) is 3.71. The molecule has 0 spiro atoms. The van der Waals surface area contributed by atoms with E-state index in [1.165, 1.54) is 18.2 Å². The zero-order valence-corrected chi connectivity index (χ0v) is 11.2. The molecule has 0 aromatic heterocycles. The van der Waals surface area contributed by atoms with Gasteiger partial charge in [-0.25, -0.2) is 13.2 Å². The van der Waals surface area contributed by atoms with Crippen molar-refractivity contribution in [2.45, 2.75) is 12.2 Å². The third-order valence-electron chi connectivity index (χ3n) is 2.72. The van der Waals surface area contributed by atoms with Gasteiger partial charge in [-0.3, -0.25) is 0 Å². The maximum Gasteiger partial charge on any atom is 0.339 e. The van der Waals surface area contributed by atoms with Crippen molar-refractivity contribution in [2.24, 2.45) is 0 Å². The second-order valence-corrected chi connectivity index (χ2v) is 6.84. The van der Waals surface area contributed by atoms with Crippen LogP contribution in [0.2, 0.25) is 5.02 Å². The van der Waals surface area contributed by atoms with Crippen LogP contribution in [0.3, 0.4) is 0 Å². The molecule has 2 atom stereocenters. The van der Waals surface area contributed by atoms with Crippen LogP contribution in [0.5, 0.6) is 5.75 Å². The lowest BCUT2D eigenvalue weighted by Gasteiger charge is -2.17. The van der Waals surface area contributed by atoms with Crippen molar-refractivity contribution in [3.05, 3.63) is 28.8 Å². The first-order valence-electron chi connectivity index (χ1n) is 5.36. The molecule has 2 N–H and O–H groups in total. The lowest BCUT2D eigenvalue weighted by molar-refractivity contribution is 0.0636. The summed E-state index contributed by atoms with van der Waals surface area (Å²) in [7, 11) is -3.36. The van der Waals surface area contributed by atoms with Crippen LogP contribution in [0.15, 0.2) is 18.2 Å². The number of aliphatic hydroxyl groups excluding tert-OH is 1. The Morgan fingerprint density at radius 1 is 1.37 bits per heavy atom. The first-order chi connectivity index (χ1) is 8.78. The number of hydrogen-bond donors (Lipinski definition) is 2. The minimum atomic E-state index is -3.36. The molecule has 0 radical (unpaired) electrons. The molecule has 0 bridgehead atoms. The molecule has 19 heavy (non-hydrogen) atoms. The molecule has 1 saturated heterocycles. The highest BCUT2D eigenvalue weighted by molar-refractivity contribution is 7.91. The van der Waals surface area contributed by atoms with Gasteiger partial charge in [-0.05, 0) is 18.2 Å². The van der Waals surface area contributed by atoms with Crippen LogP contribution < -0.4 is 4.74 Å². The van der Waals surface area contributed by atoms with Gasteiger partial charge in [0.05, 0.1) is 11.5 Å². The fourth-order valence-corrected chi connectivity index (χ4v) is 3.67. The summed E-state index contributed by atoms with van der Waals surface area (Å²) in [6.45, 7) is 0. The third kappa shape index (κ3) is 3.17. The molecule has 6 nitrogen and oxygen atoms in total. The molecule has 2 unspecified atom stereocenters. The molecule has 104 valence electrons. The number of hydrogen-bond acceptors (Lipinski definition) is 5. The summed E-state index contributed by atoms with van der Waals surface area (Å²) in [4.78, 5) is 11.0. The molecule has 2 rings (SSSR count). The predicted octanol–water partition coefficient (Wildman–Crippen LogP) is 0.575. The van der Waals surface area contributed by atoms with E-state index in [9.17, 15) is 18.3 Å². The molecule has 1 heterocycles. The van der Waals surface area contributed by atoms with Crippen LogP contribution in [-0.4, -0.2) is 48.3 Å². The van der Waals surface area contributed by atoms with Crippen molar-refractivity contribution in [3.63, 3.8) is 0 Å². The second-order valence-electron chi connectivity index (χ2n) is 4.25. The Hall–Kier alpha value is -1.31. The molecule has 1 aromatic rings. The Balaban J connectivity index is 2.29. The Morgan fingerprint density at radius 2 is 2.05 bits per heavy atom. The number of rotatable bonds is 3. The van der Waals surface area contributed by atoms with Gasteiger partial charge in [0.1, 0.15) is 23.5 Å². The van der Waals surface area contributed by atoms with Gasteiger partial charge in [-0.15, -0.1) is 0 Å². The van der Waals surface area contributed by atoms with E-state index in [0.29, 0.717) is 0 Å². The fraction of sp³-hybridized carbons (Fsp3) is 0.364. The van der Waals surface area contributed by atoms with Crippen LogP contribution >= 0.6 is 11.6 Å². The average Bonchev–Trinajstić information content (AvgIpc) is 2.51. The molecule has 0 saturated carbocycles. The van der Waals surface area contributed by atoms with E-state index in [1.54, 1.807) is 0 Å². The second kappa shape index (κ2) is 4.99. The highest BCUT2D eigenvalue weighted by Gasteiger charge is 2.38. The van der Waals surface area contributed by atoms with Crippen molar-refractivity contribution >= 4 is 27.4 Å². The van der Waals surface area contributed by atoms with Gasteiger partial charge in [0.2, 0.25) is 0 Å². The van der Waals surface area contributed by atoms with E-state index in [4.69, 9.17) is 21.4 Å². The molecule has 0 amide bonds. The maximum atomic E-state index is 11.3. The number of carboxylic acids is 1. The number of sulfone groups is 1. The third-order valence-corrected chi connectivity index (χ3v) is 4.65. The number of aliphatic hydroxyl groups is 1. The molecule has 1 aliphatic heterocycles. The molecular weight excluding hydrogens is 296 g/mol. The van der Waals surface area contributed by atoms with Crippen LogP contribution in [0.4, 0.5) is 0 Å². The van der Waals surface area contributed by atoms with Crippen LogP contribution in [-0.2, 0) is 9.84 Å². The zero-order valence-electron chi connectivity index (χ0n) is 9.61. The Labute approximate surface area is 114 Å². The summed E-state index contributed by atoms with van der Waals surface area (Å²) in [5, 5.41) is 18.9. The van der Waals surface area contributed by atoms with Gasteiger partial charge in [0.25, 0.3) is 0 Å². The van der Waals surface area contributed by atoms with Gasteiger partial charge in [0.15, 0.2) is 9.84 Å². The molecule has 1 aliphatic rings. The zero-order chi connectivity index (χ0) is 14.2. The minimum Gasteiger partial charge on any atom is -0.486 e. The lowest BCUT2D eigenvalue weighted by atomic mass is 10.2. The van der Waals surface area contributed by atoms with Gasteiger partial charge in [-0.2, -0.15) is 0 Å². The lowest BCUT2D eigenvalue weighted by Crippen LogP contribution is -2.30. The highest BCUT2D eigenvalue weighted by Crippen LogP contribution is 2.27. The number of aromatic carboxylic acids is 1. The standard InChI is InChI=1S/C11H11ClO6S/c12-6-1-2-7(11(14)15)9(3-6)18-10-5-19(16,17)4-8(10)13/h1-3,8,10,13H,4-5H2,(H,14,15). The molecular formula is C11H11ClO6S. The Morgan fingerprint density at radius 3 is 2.58 bits per heavy atom. The first kappa shape index (κ1) is 14.1. The summed E-state index contributed by atoms with van der Waals surface area (Å²) in [5.74, 6) is -2.01. The Bertz CT molecular complexity index is 612. The molecule has 8 heteroatoms. The van der Waals surface area contributed by atoms with E-state index in [1.807, 2.05) is 0 Å². The fourth-order valence-electron chi connectivity index (χ4n) is 1.84. The number of benzene rings is 1. The van der Waals surface area contributed by atoms with Crippen molar-refractivity contribution in [1.82, 2.24) is 0 Å². The summed E-state index contributed by atoms with van der Waals surface area (Å²) in [5.41, 5.74) is -0.138. The summed E-state index contributed by atoms with van der Waals surface area (Å²) >= 11 is 5.75. The summed E-state index contributed by atoms with van der Waals surface area (Å²) in [6.07, 6.45) is -2.16. The number of ether oxygens (including phenoxy) is 1. The normalized spacial score (nSPS) is 25.2. The van der Waals surface area contributed by atoms with Crippen molar-refractivity contribution in [2.75, 3.05) is 11.5 Å². The minimum absolute atomic E-state index is 0.0545. The van der Waals surface area contributed by atoms with Crippen LogP contribution in [0, 0.1) is 0 Å².